The minimum atomic E-state index is 0.737. The van der Waals surface area contributed by atoms with Gasteiger partial charge < -0.3 is 0 Å². The predicted molar refractivity (Wildman–Crippen MR) is 59.2 cm³/mol. The smallest absolute Gasteiger partial charge is 0.108 e. The summed E-state index contributed by atoms with van der Waals surface area (Å²) in [5.74, 6) is 0. The Labute approximate surface area is 89.9 Å². The number of pyridine rings is 1. The molecule has 2 aromatic rings. The van der Waals surface area contributed by atoms with E-state index in [9.17, 15) is 0 Å². The largest absolute Gasteiger partial charge is 0.241 e. The number of hydrogen-bond acceptors (Lipinski definition) is 1. The summed E-state index contributed by atoms with van der Waals surface area (Å²) in [6, 6.07) is 7.80. The Morgan fingerprint density at radius 3 is 2.92 bits per heavy atom. The molecule has 0 spiro atoms. The lowest BCUT2D eigenvalue weighted by Crippen LogP contribution is -1.84. The molecule has 0 atom stereocenters. The van der Waals surface area contributed by atoms with Crippen LogP contribution in [-0.2, 0) is 0 Å². The molecule has 3 heteroatoms. The number of aromatic nitrogens is 1. The summed E-state index contributed by atoms with van der Waals surface area (Å²) in [4.78, 5) is 4.37. The van der Waals surface area contributed by atoms with Crippen LogP contribution in [0.25, 0.3) is 10.9 Å². The zero-order valence-electron chi connectivity index (χ0n) is 7.01. The predicted octanol–water partition coefficient (Wildman–Crippen LogP) is 3.96. The summed E-state index contributed by atoms with van der Waals surface area (Å²) in [7, 11) is 0. The van der Waals surface area contributed by atoms with Crippen molar-refractivity contribution < 1.29 is 0 Å². The van der Waals surface area contributed by atoms with Gasteiger partial charge in [0.2, 0.25) is 0 Å². The second-order valence-electron chi connectivity index (χ2n) is 2.90. The van der Waals surface area contributed by atoms with Crippen LogP contribution in [0.15, 0.2) is 28.9 Å². The van der Waals surface area contributed by atoms with Crippen molar-refractivity contribution in [2.75, 3.05) is 0 Å². The SMILES string of the molecule is Cc1cccc2c(Cl)cc(Br)nc12. The first-order valence-corrected chi connectivity index (χ1v) is 5.07. The third kappa shape index (κ3) is 1.56. The summed E-state index contributed by atoms with van der Waals surface area (Å²) < 4.78 is 0.777. The van der Waals surface area contributed by atoms with E-state index in [4.69, 9.17) is 11.6 Å². The van der Waals surface area contributed by atoms with E-state index >= 15 is 0 Å². The number of nitrogens with zero attached hydrogens (tertiary/aromatic N) is 1. The van der Waals surface area contributed by atoms with Gasteiger partial charge in [-0.3, -0.25) is 0 Å². The van der Waals surface area contributed by atoms with E-state index < -0.39 is 0 Å². The summed E-state index contributed by atoms with van der Waals surface area (Å²) in [5.41, 5.74) is 2.10. The van der Waals surface area contributed by atoms with Gasteiger partial charge in [0.1, 0.15) is 4.60 Å². The first-order chi connectivity index (χ1) is 6.18. The number of aryl methyl sites for hydroxylation is 1. The average molecular weight is 257 g/mol. The zero-order chi connectivity index (χ0) is 9.42. The lowest BCUT2D eigenvalue weighted by molar-refractivity contribution is 1.32. The first-order valence-electron chi connectivity index (χ1n) is 3.90. The summed E-state index contributed by atoms with van der Waals surface area (Å²) >= 11 is 9.39. The highest BCUT2D eigenvalue weighted by molar-refractivity contribution is 9.10. The molecule has 0 amide bonds. The van der Waals surface area contributed by atoms with Gasteiger partial charge in [-0.05, 0) is 34.5 Å². The molecule has 0 aliphatic heterocycles. The van der Waals surface area contributed by atoms with Crippen molar-refractivity contribution in [1.29, 1.82) is 0 Å². The molecule has 1 heterocycles. The van der Waals surface area contributed by atoms with Crippen molar-refractivity contribution in [3.63, 3.8) is 0 Å². The Bertz CT molecular complexity index is 468. The maximum absolute atomic E-state index is 6.06. The van der Waals surface area contributed by atoms with Crippen molar-refractivity contribution in [3.8, 4) is 0 Å². The number of para-hydroxylation sites is 1. The quantitative estimate of drug-likeness (QED) is 0.650. The van der Waals surface area contributed by atoms with E-state index in [1.54, 1.807) is 0 Å². The molecule has 0 unspecified atom stereocenters. The van der Waals surface area contributed by atoms with Crippen LogP contribution >= 0.6 is 27.5 Å². The molecule has 13 heavy (non-hydrogen) atoms. The Kier molecular flexibility index (Phi) is 2.26. The van der Waals surface area contributed by atoms with Gasteiger partial charge in [0.25, 0.3) is 0 Å². The van der Waals surface area contributed by atoms with Gasteiger partial charge in [0.15, 0.2) is 0 Å². The second kappa shape index (κ2) is 3.28. The van der Waals surface area contributed by atoms with Crippen molar-refractivity contribution >= 4 is 38.4 Å². The topological polar surface area (TPSA) is 12.9 Å². The maximum atomic E-state index is 6.06. The number of rotatable bonds is 0. The van der Waals surface area contributed by atoms with Crippen LogP contribution < -0.4 is 0 Å². The van der Waals surface area contributed by atoms with Crippen LogP contribution in [0.2, 0.25) is 5.02 Å². The molecule has 1 aromatic carbocycles. The van der Waals surface area contributed by atoms with Gasteiger partial charge in [-0.1, -0.05) is 29.8 Å². The molecule has 1 aromatic heterocycles. The molecule has 0 aliphatic rings. The third-order valence-corrected chi connectivity index (χ3v) is 2.68. The van der Waals surface area contributed by atoms with Crippen LogP contribution in [0.4, 0.5) is 0 Å². The van der Waals surface area contributed by atoms with Crippen LogP contribution in [0.1, 0.15) is 5.56 Å². The van der Waals surface area contributed by atoms with Gasteiger partial charge in [0, 0.05) is 5.39 Å². The van der Waals surface area contributed by atoms with Crippen molar-refractivity contribution in [2.24, 2.45) is 0 Å². The van der Waals surface area contributed by atoms with Crippen molar-refractivity contribution in [2.45, 2.75) is 6.92 Å². The van der Waals surface area contributed by atoms with Gasteiger partial charge in [-0.2, -0.15) is 0 Å². The van der Waals surface area contributed by atoms with E-state index in [-0.39, 0.29) is 0 Å². The zero-order valence-corrected chi connectivity index (χ0v) is 9.35. The fourth-order valence-electron chi connectivity index (χ4n) is 1.32. The highest BCUT2D eigenvalue weighted by Gasteiger charge is 2.03. The van der Waals surface area contributed by atoms with E-state index in [1.807, 2.05) is 31.2 Å². The lowest BCUT2D eigenvalue weighted by Gasteiger charge is -2.03. The number of hydrogen-bond donors (Lipinski definition) is 0. The fourth-order valence-corrected chi connectivity index (χ4v) is 2.12. The summed E-state index contributed by atoms with van der Waals surface area (Å²) in [6.45, 7) is 2.03. The molecule has 0 radical (unpaired) electrons. The Morgan fingerprint density at radius 1 is 1.38 bits per heavy atom. The number of fused-ring (bicyclic) bond motifs is 1. The lowest BCUT2D eigenvalue weighted by atomic mass is 10.1. The van der Waals surface area contributed by atoms with Crippen LogP contribution in [0.5, 0.6) is 0 Å². The summed E-state index contributed by atoms with van der Waals surface area (Å²) in [5, 5.41) is 1.74. The Balaban J connectivity index is 2.94. The maximum Gasteiger partial charge on any atom is 0.108 e. The molecule has 0 bridgehead atoms. The molecule has 0 fully saturated rings. The normalized spacial score (nSPS) is 10.7. The number of halogens is 2. The standard InChI is InChI=1S/C10H7BrClN/c1-6-3-2-4-7-8(12)5-9(11)13-10(6)7/h2-5H,1H3. The fraction of sp³-hybridized carbons (Fsp3) is 0.100. The molecule has 66 valence electrons. The van der Waals surface area contributed by atoms with E-state index in [0.29, 0.717) is 0 Å². The molecule has 0 saturated carbocycles. The van der Waals surface area contributed by atoms with Crippen LogP contribution in [0, 0.1) is 6.92 Å². The highest BCUT2D eigenvalue weighted by atomic mass is 79.9. The Hall–Kier alpha value is -0.600. The van der Waals surface area contributed by atoms with Crippen molar-refractivity contribution in [1.82, 2.24) is 4.98 Å². The molecule has 0 saturated heterocycles. The van der Waals surface area contributed by atoms with Gasteiger partial charge in [-0.25, -0.2) is 4.98 Å². The van der Waals surface area contributed by atoms with Crippen LogP contribution in [0.3, 0.4) is 0 Å². The third-order valence-electron chi connectivity index (χ3n) is 1.96. The van der Waals surface area contributed by atoms with E-state index in [1.165, 1.54) is 0 Å². The minimum absolute atomic E-state index is 0.737. The second-order valence-corrected chi connectivity index (χ2v) is 4.12. The summed E-state index contributed by atoms with van der Waals surface area (Å²) in [6.07, 6.45) is 0. The van der Waals surface area contributed by atoms with E-state index in [2.05, 4.69) is 20.9 Å². The van der Waals surface area contributed by atoms with E-state index in [0.717, 1.165) is 26.1 Å². The molecule has 0 aliphatic carbocycles. The molecule has 1 nitrogen and oxygen atoms in total. The van der Waals surface area contributed by atoms with Gasteiger partial charge in [-0.15, -0.1) is 0 Å². The average Bonchev–Trinajstić information content (AvgIpc) is 2.07. The van der Waals surface area contributed by atoms with Gasteiger partial charge >= 0.3 is 0 Å². The Morgan fingerprint density at radius 2 is 2.15 bits per heavy atom. The monoisotopic (exact) mass is 255 g/mol. The molecule has 0 N–H and O–H groups in total. The number of benzene rings is 1. The minimum Gasteiger partial charge on any atom is -0.241 e. The first kappa shape index (κ1) is 8.97. The van der Waals surface area contributed by atoms with Gasteiger partial charge in [0.05, 0.1) is 10.5 Å². The molecule has 2 rings (SSSR count). The van der Waals surface area contributed by atoms with Crippen LogP contribution in [-0.4, -0.2) is 4.98 Å². The molecular formula is C10H7BrClN. The van der Waals surface area contributed by atoms with Crippen molar-refractivity contribution in [3.05, 3.63) is 39.5 Å². The molecular weight excluding hydrogens is 249 g/mol. The highest BCUT2D eigenvalue weighted by Crippen LogP contribution is 2.26.